The molecule has 0 aliphatic carbocycles. The first-order valence-electron chi connectivity index (χ1n) is 2.47. The molecule has 0 amide bonds. The highest BCUT2D eigenvalue weighted by molar-refractivity contribution is 7.80. The summed E-state index contributed by atoms with van der Waals surface area (Å²) in [6.45, 7) is 5.22. The molecule has 2 nitrogen and oxygen atoms in total. The van der Waals surface area contributed by atoms with Crippen molar-refractivity contribution in [3.05, 3.63) is 12.8 Å². The third-order valence-electron chi connectivity index (χ3n) is 0.546. The van der Waals surface area contributed by atoms with Crippen LogP contribution in [0.5, 0.6) is 0 Å². The lowest BCUT2D eigenvalue weighted by Crippen LogP contribution is -1.95. The lowest BCUT2D eigenvalue weighted by Gasteiger charge is -1.93. The van der Waals surface area contributed by atoms with Crippen LogP contribution >= 0.6 is 0 Å². The lowest BCUT2D eigenvalue weighted by molar-refractivity contribution is 0.506. The van der Waals surface area contributed by atoms with Crippen LogP contribution in [0.25, 0.3) is 0 Å². The molecule has 8 heavy (non-hydrogen) atoms. The Kier molecular flexibility index (Phi) is 4.65. The zero-order chi connectivity index (χ0) is 6.41. The van der Waals surface area contributed by atoms with E-state index in [0.717, 1.165) is 6.42 Å². The Hall–Kier alpha value is -0.310. The molecule has 48 valence electrons. The molecule has 0 bridgehead atoms. The van der Waals surface area contributed by atoms with E-state index in [-0.39, 0.29) is 0 Å². The van der Waals surface area contributed by atoms with Gasteiger partial charge in [-0.15, -0.1) is 0 Å². The van der Waals surface area contributed by atoms with Crippen LogP contribution < -0.4 is 0 Å². The van der Waals surface area contributed by atoms with Gasteiger partial charge in [-0.1, -0.05) is 13.5 Å². The topological polar surface area (TPSA) is 26.3 Å². The highest BCUT2D eigenvalue weighted by atomic mass is 32.2. The Morgan fingerprint density at radius 2 is 2.50 bits per heavy atom. The fourth-order valence-corrected chi connectivity index (χ4v) is 0.872. The molecule has 0 aromatic rings. The van der Waals surface area contributed by atoms with Gasteiger partial charge in [0.05, 0.1) is 12.0 Å². The fraction of sp³-hybridized carbons (Fsp3) is 0.600. The minimum absolute atomic E-state index is 0.589. The summed E-state index contributed by atoms with van der Waals surface area (Å²) >= 11 is -1.14. The van der Waals surface area contributed by atoms with E-state index in [1.807, 2.05) is 6.92 Å². The third kappa shape index (κ3) is 3.87. The van der Waals surface area contributed by atoms with Crippen molar-refractivity contribution in [1.29, 1.82) is 0 Å². The molecule has 1 unspecified atom stereocenters. The van der Waals surface area contributed by atoms with Crippen LogP contribution in [-0.4, -0.2) is 9.96 Å². The monoisotopic (exact) mass is 134 g/mol. The maximum Gasteiger partial charge on any atom is 0.205 e. The molecule has 0 spiro atoms. The first-order chi connectivity index (χ1) is 3.81. The van der Waals surface area contributed by atoms with Gasteiger partial charge in [-0.05, 0) is 6.42 Å². The van der Waals surface area contributed by atoms with Gasteiger partial charge in [-0.3, -0.25) is 0 Å². The van der Waals surface area contributed by atoms with Crippen LogP contribution in [0.3, 0.4) is 0 Å². The van der Waals surface area contributed by atoms with Gasteiger partial charge in [0.15, 0.2) is 0 Å². The summed E-state index contributed by atoms with van der Waals surface area (Å²) in [5.74, 6) is 0.589. The van der Waals surface area contributed by atoms with E-state index in [0.29, 0.717) is 5.75 Å². The minimum atomic E-state index is -1.14. The van der Waals surface area contributed by atoms with Gasteiger partial charge < -0.3 is 4.18 Å². The molecule has 0 saturated heterocycles. The highest BCUT2D eigenvalue weighted by Crippen LogP contribution is 1.87. The smallest absolute Gasteiger partial charge is 0.205 e. The molecule has 0 aromatic heterocycles. The van der Waals surface area contributed by atoms with Crippen LogP contribution in [0.4, 0.5) is 0 Å². The standard InChI is InChI=1S/C5H10O2S/c1-3-5-8(6)7-4-2/h4H,2-3,5H2,1H3. The molecule has 1 atom stereocenters. The molecule has 0 fully saturated rings. The SMILES string of the molecule is C=COS(=O)CCC. The van der Waals surface area contributed by atoms with E-state index in [9.17, 15) is 4.21 Å². The van der Waals surface area contributed by atoms with Gasteiger partial charge in [-0.2, -0.15) is 0 Å². The van der Waals surface area contributed by atoms with E-state index < -0.39 is 11.1 Å². The molecule has 0 aromatic carbocycles. The predicted molar refractivity (Wildman–Crippen MR) is 34.6 cm³/mol. The van der Waals surface area contributed by atoms with Crippen molar-refractivity contribution in [3.8, 4) is 0 Å². The van der Waals surface area contributed by atoms with E-state index in [4.69, 9.17) is 0 Å². The normalized spacial score (nSPS) is 12.6. The second-order valence-electron chi connectivity index (χ2n) is 1.27. The van der Waals surface area contributed by atoms with Crippen LogP contribution in [-0.2, 0) is 15.3 Å². The maximum atomic E-state index is 10.5. The summed E-state index contributed by atoms with van der Waals surface area (Å²) in [5.41, 5.74) is 0. The van der Waals surface area contributed by atoms with Crippen molar-refractivity contribution >= 4 is 11.1 Å². The van der Waals surface area contributed by atoms with E-state index in [1.165, 1.54) is 6.26 Å². The Balaban J connectivity index is 3.18. The van der Waals surface area contributed by atoms with Crippen molar-refractivity contribution in [3.63, 3.8) is 0 Å². The number of rotatable bonds is 4. The largest absolute Gasteiger partial charge is 0.409 e. The molecule has 0 heterocycles. The number of hydrogen-bond acceptors (Lipinski definition) is 2. The summed E-state index contributed by atoms with van der Waals surface area (Å²) in [6.07, 6.45) is 2.08. The Morgan fingerprint density at radius 1 is 1.88 bits per heavy atom. The zero-order valence-electron chi connectivity index (χ0n) is 4.92. The van der Waals surface area contributed by atoms with Gasteiger partial charge in [-0.25, -0.2) is 4.21 Å². The highest BCUT2D eigenvalue weighted by Gasteiger charge is 1.91. The predicted octanol–water partition coefficient (Wildman–Crippen LogP) is 1.22. The van der Waals surface area contributed by atoms with Gasteiger partial charge in [0, 0.05) is 0 Å². The van der Waals surface area contributed by atoms with Crippen molar-refractivity contribution in [1.82, 2.24) is 0 Å². The van der Waals surface area contributed by atoms with E-state index in [1.54, 1.807) is 0 Å². The van der Waals surface area contributed by atoms with Crippen LogP contribution in [0, 0.1) is 0 Å². The van der Waals surface area contributed by atoms with Gasteiger partial charge >= 0.3 is 0 Å². The molecule has 3 heteroatoms. The second kappa shape index (κ2) is 4.84. The van der Waals surface area contributed by atoms with Gasteiger partial charge in [0.25, 0.3) is 0 Å². The van der Waals surface area contributed by atoms with Gasteiger partial charge in [0.2, 0.25) is 11.1 Å². The molecule has 0 N–H and O–H groups in total. The lowest BCUT2D eigenvalue weighted by atomic mass is 10.6. The van der Waals surface area contributed by atoms with Crippen LogP contribution in [0.1, 0.15) is 13.3 Å². The Bertz CT molecular complexity index is 90.4. The van der Waals surface area contributed by atoms with Crippen molar-refractivity contribution in [2.45, 2.75) is 13.3 Å². The molecule has 0 aliphatic heterocycles. The number of hydrogen-bond donors (Lipinski definition) is 0. The summed E-state index contributed by atoms with van der Waals surface area (Å²) in [6, 6.07) is 0. The summed E-state index contributed by atoms with van der Waals surface area (Å²) in [7, 11) is 0. The average Bonchev–Trinajstić information content (AvgIpc) is 1.68. The van der Waals surface area contributed by atoms with Gasteiger partial charge in [0.1, 0.15) is 0 Å². The Labute approximate surface area is 52.2 Å². The third-order valence-corrected chi connectivity index (χ3v) is 1.64. The maximum absolute atomic E-state index is 10.5. The first kappa shape index (κ1) is 7.69. The quantitative estimate of drug-likeness (QED) is 0.540. The van der Waals surface area contributed by atoms with Crippen molar-refractivity contribution in [2.24, 2.45) is 0 Å². The van der Waals surface area contributed by atoms with E-state index >= 15 is 0 Å². The molecule has 0 rings (SSSR count). The Morgan fingerprint density at radius 3 is 2.88 bits per heavy atom. The van der Waals surface area contributed by atoms with Crippen molar-refractivity contribution in [2.75, 3.05) is 5.75 Å². The average molecular weight is 134 g/mol. The minimum Gasteiger partial charge on any atom is -0.409 e. The van der Waals surface area contributed by atoms with Crippen molar-refractivity contribution < 1.29 is 8.39 Å². The molecular weight excluding hydrogens is 124 g/mol. The molecule has 0 saturated carbocycles. The molecule has 0 aliphatic rings. The first-order valence-corrected chi connectivity index (χ1v) is 3.72. The van der Waals surface area contributed by atoms with E-state index in [2.05, 4.69) is 10.8 Å². The molecule has 0 radical (unpaired) electrons. The molecular formula is C5H10O2S. The fourth-order valence-electron chi connectivity index (χ4n) is 0.291. The van der Waals surface area contributed by atoms with Crippen LogP contribution in [0.15, 0.2) is 12.8 Å². The second-order valence-corrected chi connectivity index (χ2v) is 2.48. The summed E-state index contributed by atoms with van der Waals surface area (Å²) in [4.78, 5) is 0. The zero-order valence-corrected chi connectivity index (χ0v) is 5.74. The van der Waals surface area contributed by atoms with Crippen LogP contribution in [0.2, 0.25) is 0 Å². The summed E-state index contributed by atoms with van der Waals surface area (Å²) in [5, 5.41) is 0. The summed E-state index contributed by atoms with van der Waals surface area (Å²) < 4.78 is 15.0.